The van der Waals surface area contributed by atoms with E-state index in [9.17, 15) is 0 Å². The number of halogens is 1. The van der Waals surface area contributed by atoms with Gasteiger partial charge in [0, 0.05) is 11.6 Å². The molecule has 4 heteroatoms. The first-order chi connectivity index (χ1) is 9.25. The van der Waals surface area contributed by atoms with Crippen LogP contribution in [-0.2, 0) is 0 Å². The van der Waals surface area contributed by atoms with E-state index in [1.807, 2.05) is 36.4 Å². The Balaban J connectivity index is 1.71. The predicted molar refractivity (Wildman–Crippen MR) is 80.9 cm³/mol. The Morgan fingerprint density at radius 1 is 1.11 bits per heavy atom. The van der Waals surface area contributed by atoms with E-state index in [0.717, 1.165) is 24.4 Å². The molecule has 2 rings (SSSR count). The van der Waals surface area contributed by atoms with Crippen molar-refractivity contribution in [3.8, 4) is 5.75 Å². The number of nitrogens with two attached hydrogens (primary N) is 1. The van der Waals surface area contributed by atoms with Crippen molar-refractivity contribution < 1.29 is 4.74 Å². The number of para-hydroxylation sites is 1. The molecule has 19 heavy (non-hydrogen) atoms. The third-order valence-corrected chi connectivity index (χ3v) is 2.90. The molecule has 0 unspecified atom stereocenters. The lowest BCUT2D eigenvalue weighted by molar-refractivity contribution is 0.315. The van der Waals surface area contributed by atoms with Gasteiger partial charge in [-0.05, 0) is 36.8 Å². The first-order valence-electron chi connectivity index (χ1n) is 6.22. The lowest BCUT2D eigenvalue weighted by Crippen LogP contribution is -2.08. The van der Waals surface area contributed by atoms with Crippen molar-refractivity contribution in [1.29, 1.82) is 0 Å². The first-order valence-corrected chi connectivity index (χ1v) is 6.60. The summed E-state index contributed by atoms with van der Waals surface area (Å²) in [6.45, 7) is 1.45. The third kappa shape index (κ3) is 4.38. The van der Waals surface area contributed by atoms with Gasteiger partial charge in [0.15, 0.2) is 0 Å². The molecule has 100 valence electrons. The van der Waals surface area contributed by atoms with Crippen molar-refractivity contribution in [2.75, 3.05) is 24.2 Å². The van der Waals surface area contributed by atoms with E-state index in [1.165, 1.54) is 0 Å². The number of benzene rings is 2. The van der Waals surface area contributed by atoms with Crippen LogP contribution < -0.4 is 15.8 Å². The Morgan fingerprint density at radius 3 is 2.68 bits per heavy atom. The average Bonchev–Trinajstić information content (AvgIpc) is 2.43. The second-order valence-corrected chi connectivity index (χ2v) is 4.61. The summed E-state index contributed by atoms with van der Waals surface area (Å²) >= 11 is 5.92. The average molecular weight is 277 g/mol. The van der Waals surface area contributed by atoms with Gasteiger partial charge in [0.2, 0.25) is 0 Å². The maximum Gasteiger partial charge on any atom is 0.119 e. The van der Waals surface area contributed by atoms with Gasteiger partial charge in [-0.15, -0.1) is 0 Å². The number of anilines is 2. The van der Waals surface area contributed by atoms with E-state index in [-0.39, 0.29) is 0 Å². The SMILES string of the molecule is Nc1ccc(Cl)cc1NCCCOc1ccccc1. The van der Waals surface area contributed by atoms with Crippen LogP contribution in [0, 0.1) is 0 Å². The predicted octanol–water partition coefficient (Wildman–Crippen LogP) is 3.80. The van der Waals surface area contributed by atoms with Gasteiger partial charge in [-0.25, -0.2) is 0 Å². The molecule has 0 atom stereocenters. The Morgan fingerprint density at radius 2 is 1.89 bits per heavy atom. The summed E-state index contributed by atoms with van der Waals surface area (Å²) in [5.74, 6) is 0.893. The quantitative estimate of drug-likeness (QED) is 0.623. The Bertz CT molecular complexity index is 517. The highest BCUT2D eigenvalue weighted by molar-refractivity contribution is 6.31. The molecule has 0 aliphatic rings. The summed E-state index contributed by atoms with van der Waals surface area (Å²) < 4.78 is 5.60. The second kappa shape index (κ2) is 6.90. The van der Waals surface area contributed by atoms with Gasteiger partial charge in [-0.2, -0.15) is 0 Å². The molecule has 0 fully saturated rings. The number of nitrogen functional groups attached to an aromatic ring is 1. The molecule has 3 nitrogen and oxygen atoms in total. The minimum atomic E-state index is 0.664. The summed E-state index contributed by atoms with van der Waals surface area (Å²) in [6, 6.07) is 15.2. The molecule has 0 saturated heterocycles. The molecular weight excluding hydrogens is 260 g/mol. The third-order valence-electron chi connectivity index (χ3n) is 2.66. The van der Waals surface area contributed by atoms with E-state index < -0.39 is 0 Å². The zero-order valence-electron chi connectivity index (χ0n) is 10.6. The van der Waals surface area contributed by atoms with Gasteiger partial charge in [0.25, 0.3) is 0 Å². The molecule has 0 amide bonds. The molecule has 0 spiro atoms. The Hall–Kier alpha value is -1.87. The highest BCUT2D eigenvalue weighted by atomic mass is 35.5. The minimum absolute atomic E-state index is 0.664. The summed E-state index contributed by atoms with van der Waals surface area (Å²) in [5.41, 5.74) is 7.41. The maximum absolute atomic E-state index is 5.92. The molecular formula is C15H17ClN2O. The zero-order valence-corrected chi connectivity index (χ0v) is 11.4. The second-order valence-electron chi connectivity index (χ2n) is 4.17. The molecule has 0 radical (unpaired) electrons. The van der Waals surface area contributed by atoms with Crippen molar-refractivity contribution in [2.24, 2.45) is 0 Å². The number of rotatable bonds is 6. The fraction of sp³-hybridized carbons (Fsp3) is 0.200. The Kier molecular flexibility index (Phi) is 4.93. The van der Waals surface area contributed by atoms with Crippen molar-refractivity contribution >= 4 is 23.0 Å². The van der Waals surface area contributed by atoms with Crippen LogP contribution in [0.2, 0.25) is 5.02 Å². The van der Waals surface area contributed by atoms with Gasteiger partial charge in [0.1, 0.15) is 5.75 Å². The van der Waals surface area contributed by atoms with Crippen molar-refractivity contribution in [2.45, 2.75) is 6.42 Å². The summed E-state index contributed by atoms with van der Waals surface area (Å²) in [5, 5.41) is 3.93. The highest BCUT2D eigenvalue weighted by Crippen LogP contribution is 2.22. The van der Waals surface area contributed by atoms with Crippen molar-refractivity contribution in [1.82, 2.24) is 0 Å². The van der Waals surface area contributed by atoms with Crippen LogP contribution in [0.5, 0.6) is 5.75 Å². The smallest absolute Gasteiger partial charge is 0.119 e. The van der Waals surface area contributed by atoms with E-state index in [4.69, 9.17) is 22.1 Å². The fourth-order valence-corrected chi connectivity index (χ4v) is 1.86. The van der Waals surface area contributed by atoms with Crippen LogP contribution in [0.15, 0.2) is 48.5 Å². The van der Waals surface area contributed by atoms with Gasteiger partial charge < -0.3 is 15.8 Å². The molecule has 0 aliphatic carbocycles. The highest BCUT2D eigenvalue weighted by Gasteiger charge is 1.99. The minimum Gasteiger partial charge on any atom is -0.494 e. The molecule has 3 N–H and O–H groups in total. The normalized spacial score (nSPS) is 10.2. The molecule has 0 aromatic heterocycles. The van der Waals surface area contributed by atoms with Gasteiger partial charge in [-0.1, -0.05) is 29.8 Å². The monoisotopic (exact) mass is 276 g/mol. The van der Waals surface area contributed by atoms with Crippen LogP contribution in [0.4, 0.5) is 11.4 Å². The number of nitrogens with one attached hydrogen (secondary N) is 1. The number of hydrogen-bond donors (Lipinski definition) is 2. The number of hydrogen-bond acceptors (Lipinski definition) is 3. The lowest BCUT2D eigenvalue weighted by atomic mass is 10.2. The van der Waals surface area contributed by atoms with Crippen LogP contribution in [0.3, 0.4) is 0 Å². The van der Waals surface area contributed by atoms with Crippen molar-refractivity contribution in [3.63, 3.8) is 0 Å². The fourth-order valence-electron chi connectivity index (χ4n) is 1.68. The lowest BCUT2D eigenvalue weighted by Gasteiger charge is -2.10. The molecule has 2 aromatic rings. The maximum atomic E-state index is 5.92. The molecule has 0 bridgehead atoms. The molecule has 2 aromatic carbocycles. The largest absolute Gasteiger partial charge is 0.494 e. The van der Waals surface area contributed by atoms with Crippen molar-refractivity contribution in [3.05, 3.63) is 53.6 Å². The standard InChI is InChI=1S/C15H17ClN2O/c16-12-7-8-14(17)15(11-12)18-9-4-10-19-13-5-2-1-3-6-13/h1-3,5-8,11,18H,4,9-10,17H2. The van der Waals surface area contributed by atoms with Crippen LogP contribution >= 0.6 is 11.6 Å². The zero-order chi connectivity index (χ0) is 13.5. The first kappa shape index (κ1) is 13.6. The topological polar surface area (TPSA) is 47.3 Å². The summed E-state index contributed by atoms with van der Waals surface area (Å²) in [7, 11) is 0. The van der Waals surface area contributed by atoms with E-state index >= 15 is 0 Å². The van der Waals surface area contributed by atoms with Gasteiger partial charge in [-0.3, -0.25) is 0 Å². The van der Waals surface area contributed by atoms with E-state index in [0.29, 0.717) is 17.3 Å². The van der Waals surface area contributed by atoms with Gasteiger partial charge >= 0.3 is 0 Å². The van der Waals surface area contributed by atoms with Crippen LogP contribution in [0.1, 0.15) is 6.42 Å². The Labute approximate surface area is 118 Å². The summed E-state index contributed by atoms with van der Waals surface area (Å²) in [6.07, 6.45) is 0.890. The van der Waals surface area contributed by atoms with Crippen LogP contribution in [-0.4, -0.2) is 13.2 Å². The molecule has 0 aliphatic heterocycles. The van der Waals surface area contributed by atoms with E-state index in [1.54, 1.807) is 12.1 Å². The van der Waals surface area contributed by atoms with Gasteiger partial charge in [0.05, 0.1) is 18.0 Å². The van der Waals surface area contributed by atoms with E-state index in [2.05, 4.69) is 5.32 Å². The summed E-state index contributed by atoms with van der Waals surface area (Å²) in [4.78, 5) is 0. The molecule has 0 saturated carbocycles. The number of ether oxygens (including phenoxy) is 1. The van der Waals surface area contributed by atoms with Crippen LogP contribution in [0.25, 0.3) is 0 Å². The molecule has 0 heterocycles.